The average Bonchev–Trinajstić information content (AvgIpc) is 3.37. The molecule has 2 aromatic rings. The number of amides is 3. The van der Waals surface area contributed by atoms with Crippen molar-refractivity contribution in [1.82, 2.24) is 19.9 Å². The van der Waals surface area contributed by atoms with Crippen LogP contribution in [-0.2, 0) is 9.16 Å². The Morgan fingerprint density at radius 2 is 1.69 bits per heavy atom. The molecule has 0 N–H and O–H groups in total. The predicted molar refractivity (Wildman–Crippen MR) is 164 cm³/mol. The summed E-state index contributed by atoms with van der Waals surface area (Å²) >= 11 is 0. The lowest BCUT2D eigenvalue weighted by Crippen LogP contribution is -2.59. The van der Waals surface area contributed by atoms with Gasteiger partial charge in [0.25, 0.3) is 5.88 Å². The van der Waals surface area contributed by atoms with E-state index in [1.807, 2.05) is 0 Å². The number of hydrazone groups is 1. The van der Waals surface area contributed by atoms with Gasteiger partial charge in [-0.3, -0.25) is 0 Å². The van der Waals surface area contributed by atoms with Gasteiger partial charge in [-0.05, 0) is 56.6 Å². The van der Waals surface area contributed by atoms with Crippen LogP contribution in [0.25, 0.3) is 0 Å². The topological polar surface area (TPSA) is 110 Å². The fourth-order valence-electron chi connectivity index (χ4n) is 4.37. The standard InChI is InChI=1S/C30H41F3N6O5Si/c1-29(2,3)44-28(41)38(11-12-42-45(7,8)30(4,5)6)26-34-16-23(33)25(36-26)43-22-17-37(18-22)27(40)39-24(9-10-35-39)19-13-20(31)15-21(32)14-19/h10,13-16,22,24H,9,11-12,17-18H2,1-8H3/t24-/m0/s1. The van der Waals surface area contributed by atoms with Crippen LogP contribution in [0.1, 0.15) is 59.6 Å². The summed E-state index contributed by atoms with van der Waals surface area (Å²) < 4.78 is 59.9. The van der Waals surface area contributed by atoms with Crippen LogP contribution in [0.15, 0.2) is 29.5 Å². The van der Waals surface area contributed by atoms with Gasteiger partial charge >= 0.3 is 12.1 Å². The molecule has 0 saturated carbocycles. The molecule has 2 aliphatic heterocycles. The second-order valence-electron chi connectivity index (χ2n) is 13.6. The molecule has 1 saturated heterocycles. The molecule has 0 spiro atoms. The Kier molecular flexibility index (Phi) is 9.83. The van der Waals surface area contributed by atoms with Gasteiger partial charge in [0, 0.05) is 18.7 Å². The minimum absolute atomic E-state index is 0.0470. The zero-order valence-electron chi connectivity index (χ0n) is 26.9. The molecule has 4 rings (SSSR count). The molecule has 11 nitrogen and oxygen atoms in total. The van der Waals surface area contributed by atoms with Crippen LogP contribution >= 0.6 is 0 Å². The molecule has 1 atom stereocenters. The summed E-state index contributed by atoms with van der Waals surface area (Å²) in [5, 5.41) is 5.22. The molecule has 0 bridgehead atoms. The predicted octanol–water partition coefficient (Wildman–Crippen LogP) is 6.27. The summed E-state index contributed by atoms with van der Waals surface area (Å²) in [5.74, 6) is -2.85. The highest BCUT2D eigenvalue weighted by Crippen LogP contribution is 2.36. The maximum atomic E-state index is 14.8. The molecular weight excluding hydrogens is 609 g/mol. The minimum atomic E-state index is -2.13. The summed E-state index contributed by atoms with van der Waals surface area (Å²) in [6.07, 6.45) is 1.38. The van der Waals surface area contributed by atoms with E-state index < -0.39 is 55.6 Å². The number of likely N-dealkylation sites (tertiary alicyclic amines) is 1. The SMILES string of the molecule is CC(C)(C)OC(=O)N(CCO[Si](C)(C)C(C)(C)C)c1ncc(F)c(OC2CN(C(=O)N3N=CC[C@H]3c3cc(F)cc(F)c3)C2)n1. The van der Waals surface area contributed by atoms with Gasteiger partial charge in [-0.2, -0.15) is 14.5 Å². The van der Waals surface area contributed by atoms with Gasteiger partial charge in [-0.1, -0.05) is 20.8 Å². The molecule has 3 amide bonds. The van der Waals surface area contributed by atoms with Gasteiger partial charge in [0.05, 0.1) is 38.5 Å². The van der Waals surface area contributed by atoms with Crippen molar-refractivity contribution in [2.45, 2.75) is 83.8 Å². The Bertz CT molecular complexity index is 1420. The highest BCUT2D eigenvalue weighted by atomic mass is 28.4. The minimum Gasteiger partial charge on any atom is -0.468 e. The molecule has 246 valence electrons. The van der Waals surface area contributed by atoms with Crippen LogP contribution in [0.2, 0.25) is 18.1 Å². The van der Waals surface area contributed by atoms with Gasteiger partial charge in [0.1, 0.15) is 23.3 Å². The van der Waals surface area contributed by atoms with Crippen molar-refractivity contribution in [1.29, 1.82) is 0 Å². The van der Waals surface area contributed by atoms with Crippen LogP contribution in [0.5, 0.6) is 5.88 Å². The second-order valence-corrected chi connectivity index (χ2v) is 18.4. The highest BCUT2D eigenvalue weighted by molar-refractivity contribution is 6.74. The lowest BCUT2D eigenvalue weighted by atomic mass is 10.0. The maximum Gasteiger partial charge on any atom is 0.417 e. The van der Waals surface area contributed by atoms with Gasteiger partial charge in [0.2, 0.25) is 11.8 Å². The first-order valence-corrected chi connectivity index (χ1v) is 17.7. The number of hydrogen-bond donors (Lipinski definition) is 0. The molecule has 45 heavy (non-hydrogen) atoms. The number of carbonyl (C=O) groups is 2. The van der Waals surface area contributed by atoms with Gasteiger partial charge in [0.15, 0.2) is 8.32 Å². The van der Waals surface area contributed by atoms with Crippen LogP contribution < -0.4 is 9.64 Å². The number of nitrogens with zero attached hydrogens (tertiary/aromatic N) is 6. The monoisotopic (exact) mass is 650 g/mol. The lowest BCUT2D eigenvalue weighted by molar-refractivity contribution is 0.0229. The van der Waals surface area contributed by atoms with Gasteiger partial charge < -0.3 is 18.8 Å². The Balaban J connectivity index is 1.43. The van der Waals surface area contributed by atoms with Gasteiger partial charge in [-0.25, -0.2) is 33.3 Å². The summed E-state index contributed by atoms with van der Waals surface area (Å²) in [7, 11) is -2.13. The van der Waals surface area contributed by atoms with Crippen molar-refractivity contribution in [2.75, 3.05) is 31.1 Å². The van der Waals surface area contributed by atoms with Crippen molar-refractivity contribution >= 4 is 32.6 Å². The molecular formula is C30H41F3N6O5Si. The first-order chi connectivity index (χ1) is 20.8. The Morgan fingerprint density at radius 1 is 1.04 bits per heavy atom. The van der Waals surface area contributed by atoms with Crippen molar-refractivity contribution < 1.29 is 36.7 Å². The summed E-state index contributed by atoms with van der Waals surface area (Å²) in [4.78, 5) is 37.1. The fraction of sp³-hybridized carbons (Fsp3) is 0.567. The van der Waals surface area contributed by atoms with Crippen LogP contribution in [-0.4, -0.2) is 84.5 Å². The van der Waals surface area contributed by atoms with Gasteiger partial charge in [-0.15, -0.1) is 0 Å². The Labute approximate surface area is 262 Å². The van der Waals surface area contributed by atoms with E-state index in [0.717, 1.165) is 12.3 Å². The first-order valence-electron chi connectivity index (χ1n) is 14.7. The zero-order valence-corrected chi connectivity index (χ0v) is 27.9. The number of rotatable bonds is 8. The maximum absolute atomic E-state index is 14.8. The normalized spacial score (nSPS) is 17.4. The van der Waals surface area contributed by atoms with Crippen LogP contribution in [0, 0.1) is 17.5 Å². The van der Waals surface area contributed by atoms with Crippen molar-refractivity contribution in [2.24, 2.45) is 5.10 Å². The van der Waals surface area contributed by atoms with E-state index in [9.17, 15) is 22.8 Å². The van der Waals surface area contributed by atoms with Crippen molar-refractivity contribution in [3.05, 3.63) is 47.4 Å². The molecule has 1 fully saturated rings. The van der Waals surface area contributed by atoms with Crippen LogP contribution in [0.3, 0.4) is 0 Å². The quantitative estimate of drug-likeness (QED) is 0.310. The number of urea groups is 1. The van der Waals surface area contributed by atoms with E-state index >= 15 is 0 Å². The number of aromatic nitrogens is 2. The first kappa shape index (κ1) is 34.2. The van der Waals surface area contributed by atoms with E-state index in [-0.39, 0.29) is 48.7 Å². The molecule has 3 heterocycles. The van der Waals surface area contributed by atoms with E-state index in [2.05, 4.69) is 48.9 Å². The van der Waals surface area contributed by atoms with Crippen LogP contribution in [0.4, 0.5) is 28.7 Å². The van der Waals surface area contributed by atoms with E-state index in [1.165, 1.54) is 33.2 Å². The zero-order chi connectivity index (χ0) is 33.3. The number of halogens is 3. The molecule has 1 aromatic carbocycles. The Hall–Kier alpha value is -3.72. The molecule has 0 unspecified atom stereocenters. The van der Waals surface area contributed by atoms with Crippen molar-refractivity contribution in [3.63, 3.8) is 0 Å². The van der Waals surface area contributed by atoms with E-state index in [4.69, 9.17) is 13.9 Å². The third-order valence-corrected chi connectivity index (χ3v) is 12.4. The number of benzene rings is 1. The molecule has 1 aromatic heterocycles. The summed E-state index contributed by atoms with van der Waals surface area (Å²) in [5.41, 5.74) is -0.524. The molecule has 0 aliphatic carbocycles. The summed E-state index contributed by atoms with van der Waals surface area (Å²) in [6.45, 7) is 16.1. The number of anilines is 1. The molecule has 0 radical (unpaired) electrons. The largest absolute Gasteiger partial charge is 0.468 e. The number of carbonyl (C=O) groups excluding carboxylic acids is 2. The van der Waals surface area contributed by atoms with E-state index in [0.29, 0.717) is 6.42 Å². The van der Waals surface area contributed by atoms with E-state index in [1.54, 1.807) is 20.8 Å². The number of ether oxygens (including phenoxy) is 2. The lowest BCUT2D eigenvalue weighted by Gasteiger charge is -2.40. The average molecular weight is 651 g/mol. The summed E-state index contributed by atoms with van der Waals surface area (Å²) in [6, 6.07) is 1.95. The Morgan fingerprint density at radius 3 is 2.29 bits per heavy atom. The molecule has 2 aliphatic rings. The highest BCUT2D eigenvalue weighted by Gasteiger charge is 2.40. The molecule has 15 heteroatoms. The third kappa shape index (κ3) is 8.31. The second kappa shape index (κ2) is 12.9. The number of hydrogen-bond acceptors (Lipinski definition) is 8. The fourth-order valence-corrected chi connectivity index (χ4v) is 5.40. The smallest absolute Gasteiger partial charge is 0.417 e. The van der Waals surface area contributed by atoms with Crippen molar-refractivity contribution in [3.8, 4) is 5.88 Å². The third-order valence-electron chi connectivity index (χ3n) is 7.83.